The molecule has 0 aliphatic carbocycles. The fourth-order valence-corrected chi connectivity index (χ4v) is 2.61. The van der Waals surface area contributed by atoms with Crippen molar-refractivity contribution in [2.24, 2.45) is 0 Å². The summed E-state index contributed by atoms with van der Waals surface area (Å²) in [6.07, 6.45) is 1.67. The van der Waals surface area contributed by atoms with Crippen LogP contribution in [0.4, 0.5) is 0 Å². The zero-order valence-corrected chi connectivity index (χ0v) is 14.7. The molecule has 0 atom stereocenters. The lowest BCUT2D eigenvalue weighted by Gasteiger charge is -2.04. The molecular formula is C20H16N6O2. The van der Waals surface area contributed by atoms with E-state index in [1.165, 1.54) is 0 Å². The van der Waals surface area contributed by atoms with Crippen LogP contribution in [0, 0.1) is 0 Å². The number of aromatic amines is 1. The first-order valence-electron chi connectivity index (χ1n) is 8.53. The molecule has 3 N–H and O–H groups in total. The van der Waals surface area contributed by atoms with Gasteiger partial charge in [0, 0.05) is 11.8 Å². The van der Waals surface area contributed by atoms with Crippen LogP contribution in [0.3, 0.4) is 0 Å². The number of carbonyl (C=O) groups is 2. The fraction of sp³-hybridized carbons (Fsp3) is 0. The number of para-hydroxylation sites is 1. The molecule has 0 saturated heterocycles. The number of rotatable bonds is 4. The Labute approximate surface area is 160 Å². The largest absolute Gasteiger partial charge is 0.290 e. The van der Waals surface area contributed by atoms with E-state index in [0.29, 0.717) is 5.69 Å². The molecule has 28 heavy (non-hydrogen) atoms. The van der Waals surface area contributed by atoms with Gasteiger partial charge in [0.1, 0.15) is 5.69 Å². The second-order valence-electron chi connectivity index (χ2n) is 5.92. The van der Waals surface area contributed by atoms with Crippen LogP contribution in [-0.4, -0.2) is 31.8 Å². The molecule has 0 saturated carbocycles. The standard InChI is InChI=1S/C20H16N6O2/c27-19(16-11-12-26(25-16)15-9-5-2-6-10-15)23-24-20(28)18-13-17(21-22-18)14-7-3-1-4-8-14/h1-13H,(H,21,22)(H,23,27)(H,24,28). The highest BCUT2D eigenvalue weighted by Crippen LogP contribution is 2.16. The summed E-state index contributed by atoms with van der Waals surface area (Å²) < 4.78 is 1.58. The van der Waals surface area contributed by atoms with E-state index >= 15 is 0 Å². The smallest absolute Gasteiger partial charge is 0.272 e. The van der Waals surface area contributed by atoms with Crippen LogP contribution in [0.5, 0.6) is 0 Å². The van der Waals surface area contributed by atoms with Gasteiger partial charge in [-0.2, -0.15) is 10.2 Å². The van der Waals surface area contributed by atoms with Gasteiger partial charge in [-0.15, -0.1) is 0 Å². The van der Waals surface area contributed by atoms with Crippen molar-refractivity contribution < 1.29 is 9.59 Å². The molecule has 0 unspecified atom stereocenters. The van der Waals surface area contributed by atoms with E-state index in [1.54, 1.807) is 23.0 Å². The molecule has 0 radical (unpaired) electrons. The van der Waals surface area contributed by atoms with Crippen molar-refractivity contribution in [2.45, 2.75) is 0 Å². The summed E-state index contributed by atoms with van der Waals surface area (Å²) in [6.45, 7) is 0. The van der Waals surface area contributed by atoms with Gasteiger partial charge in [-0.25, -0.2) is 4.68 Å². The first kappa shape index (κ1) is 17.2. The van der Waals surface area contributed by atoms with Gasteiger partial charge >= 0.3 is 0 Å². The summed E-state index contributed by atoms with van der Waals surface area (Å²) in [5.41, 5.74) is 7.46. The van der Waals surface area contributed by atoms with Gasteiger partial charge in [0.2, 0.25) is 0 Å². The van der Waals surface area contributed by atoms with Gasteiger partial charge in [0.15, 0.2) is 5.69 Å². The average molecular weight is 372 g/mol. The number of hydrogen-bond acceptors (Lipinski definition) is 4. The lowest BCUT2D eigenvalue weighted by molar-refractivity contribution is 0.0841. The molecular weight excluding hydrogens is 356 g/mol. The van der Waals surface area contributed by atoms with Crippen molar-refractivity contribution in [1.82, 2.24) is 30.8 Å². The van der Waals surface area contributed by atoms with E-state index in [0.717, 1.165) is 11.3 Å². The predicted octanol–water partition coefficient (Wildman–Crippen LogP) is 2.34. The monoisotopic (exact) mass is 372 g/mol. The van der Waals surface area contributed by atoms with Crippen LogP contribution >= 0.6 is 0 Å². The summed E-state index contributed by atoms with van der Waals surface area (Å²) in [6, 6.07) is 22.0. The van der Waals surface area contributed by atoms with Crippen molar-refractivity contribution >= 4 is 11.8 Å². The molecule has 138 valence electrons. The number of carbonyl (C=O) groups excluding carboxylic acids is 2. The molecule has 8 nitrogen and oxygen atoms in total. The first-order valence-corrected chi connectivity index (χ1v) is 8.53. The topological polar surface area (TPSA) is 105 Å². The van der Waals surface area contributed by atoms with Crippen LogP contribution in [-0.2, 0) is 0 Å². The number of benzene rings is 2. The Morgan fingerprint density at radius 3 is 2.29 bits per heavy atom. The Bertz CT molecular complexity index is 1010. The summed E-state index contributed by atoms with van der Waals surface area (Å²) in [5, 5.41) is 11.0. The van der Waals surface area contributed by atoms with Crippen LogP contribution in [0.2, 0.25) is 0 Å². The maximum Gasteiger partial charge on any atom is 0.290 e. The van der Waals surface area contributed by atoms with E-state index in [1.807, 2.05) is 60.7 Å². The Balaban J connectivity index is 1.38. The third-order valence-corrected chi connectivity index (χ3v) is 4.02. The second kappa shape index (κ2) is 7.58. The molecule has 4 rings (SSSR count). The van der Waals surface area contributed by atoms with Gasteiger partial charge in [0.05, 0.1) is 11.4 Å². The highest BCUT2D eigenvalue weighted by Gasteiger charge is 2.14. The third kappa shape index (κ3) is 3.65. The minimum absolute atomic E-state index is 0.179. The molecule has 0 fully saturated rings. The Hall–Kier alpha value is -4.20. The van der Waals surface area contributed by atoms with Gasteiger partial charge in [0.25, 0.3) is 11.8 Å². The van der Waals surface area contributed by atoms with Crippen molar-refractivity contribution in [3.05, 3.63) is 90.4 Å². The van der Waals surface area contributed by atoms with E-state index in [9.17, 15) is 9.59 Å². The number of aromatic nitrogens is 4. The Kier molecular flexibility index (Phi) is 4.67. The van der Waals surface area contributed by atoms with Gasteiger partial charge in [-0.3, -0.25) is 25.5 Å². The number of amides is 2. The van der Waals surface area contributed by atoms with E-state index in [-0.39, 0.29) is 11.4 Å². The average Bonchev–Trinajstić information content (AvgIpc) is 3.43. The summed E-state index contributed by atoms with van der Waals surface area (Å²) in [5.74, 6) is -1.03. The number of H-pyrrole nitrogens is 1. The lowest BCUT2D eigenvalue weighted by Crippen LogP contribution is -2.42. The van der Waals surface area contributed by atoms with Gasteiger partial charge in [-0.05, 0) is 24.3 Å². The molecule has 2 aromatic carbocycles. The maximum atomic E-state index is 12.2. The molecule has 0 spiro atoms. The van der Waals surface area contributed by atoms with Crippen LogP contribution in [0.25, 0.3) is 16.9 Å². The van der Waals surface area contributed by atoms with Gasteiger partial charge in [-0.1, -0.05) is 48.5 Å². The zero-order valence-electron chi connectivity index (χ0n) is 14.7. The molecule has 2 heterocycles. The number of nitrogens with one attached hydrogen (secondary N) is 3. The maximum absolute atomic E-state index is 12.2. The molecule has 0 aliphatic rings. The summed E-state index contributed by atoms with van der Waals surface area (Å²) in [4.78, 5) is 24.5. The first-order chi connectivity index (χ1) is 13.7. The van der Waals surface area contributed by atoms with E-state index in [2.05, 4.69) is 26.1 Å². The summed E-state index contributed by atoms with van der Waals surface area (Å²) >= 11 is 0. The van der Waals surface area contributed by atoms with Gasteiger partial charge < -0.3 is 0 Å². The number of hydrogen-bond donors (Lipinski definition) is 3. The van der Waals surface area contributed by atoms with Crippen molar-refractivity contribution in [2.75, 3.05) is 0 Å². The normalized spacial score (nSPS) is 10.4. The molecule has 0 bridgehead atoms. The Morgan fingerprint density at radius 2 is 1.54 bits per heavy atom. The van der Waals surface area contributed by atoms with Crippen LogP contribution < -0.4 is 10.9 Å². The lowest BCUT2D eigenvalue weighted by atomic mass is 10.1. The summed E-state index contributed by atoms with van der Waals surface area (Å²) in [7, 11) is 0. The third-order valence-electron chi connectivity index (χ3n) is 4.02. The quantitative estimate of drug-likeness (QED) is 0.478. The van der Waals surface area contributed by atoms with E-state index < -0.39 is 11.8 Å². The minimum atomic E-state index is -0.522. The predicted molar refractivity (Wildman–Crippen MR) is 103 cm³/mol. The highest BCUT2D eigenvalue weighted by molar-refractivity contribution is 5.97. The fourth-order valence-electron chi connectivity index (χ4n) is 2.61. The SMILES string of the molecule is O=C(NNC(=O)c1cc(-c2ccccc2)n[nH]1)c1ccn(-c2ccccc2)n1. The molecule has 2 aromatic heterocycles. The highest BCUT2D eigenvalue weighted by atomic mass is 16.2. The number of nitrogens with zero attached hydrogens (tertiary/aromatic N) is 3. The van der Waals surface area contributed by atoms with Crippen molar-refractivity contribution in [1.29, 1.82) is 0 Å². The van der Waals surface area contributed by atoms with Crippen LogP contribution in [0.15, 0.2) is 79.0 Å². The molecule has 0 aliphatic heterocycles. The Morgan fingerprint density at radius 1 is 0.857 bits per heavy atom. The minimum Gasteiger partial charge on any atom is -0.272 e. The van der Waals surface area contributed by atoms with Crippen molar-refractivity contribution in [3.8, 4) is 16.9 Å². The molecule has 8 heteroatoms. The molecule has 2 amide bonds. The zero-order chi connectivity index (χ0) is 19.3. The second-order valence-corrected chi connectivity index (χ2v) is 5.92. The van der Waals surface area contributed by atoms with Crippen molar-refractivity contribution in [3.63, 3.8) is 0 Å². The van der Waals surface area contributed by atoms with Crippen LogP contribution in [0.1, 0.15) is 21.0 Å². The molecule has 4 aromatic rings. The number of hydrazine groups is 1. The van der Waals surface area contributed by atoms with E-state index in [4.69, 9.17) is 0 Å².